The van der Waals surface area contributed by atoms with E-state index in [2.05, 4.69) is 22.6 Å². The number of morpholine rings is 1. The maximum absolute atomic E-state index is 12.4. The molecule has 1 aliphatic rings. The number of ether oxygens (including phenoxy) is 1. The van der Waals surface area contributed by atoms with Gasteiger partial charge in [-0.15, -0.1) is 12.4 Å². The van der Waals surface area contributed by atoms with E-state index < -0.39 is 0 Å². The number of nitrogens with two attached hydrogens (primary N) is 1. The van der Waals surface area contributed by atoms with Crippen molar-refractivity contribution in [2.75, 3.05) is 26.2 Å². The third-order valence-corrected chi connectivity index (χ3v) is 4.02. The van der Waals surface area contributed by atoms with E-state index in [1.807, 2.05) is 6.07 Å². The third kappa shape index (κ3) is 4.19. The minimum Gasteiger partial charge on any atom is -0.373 e. The molecule has 1 unspecified atom stereocenters. The van der Waals surface area contributed by atoms with Gasteiger partial charge >= 0.3 is 0 Å². The highest BCUT2D eigenvalue weighted by Gasteiger charge is 2.25. The van der Waals surface area contributed by atoms with Crippen LogP contribution in [0.1, 0.15) is 10.4 Å². The van der Waals surface area contributed by atoms with Crippen LogP contribution < -0.4 is 5.73 Å². The molecular weight excluding hydrogens is 402 g/mol. The van der Waals surface area contributed by atoms with Gasteiger partial charge in [-0.25, -0.2) is 0 Å². The zero-order valence-corrected chi connectivity index (χ0v) is 13.9. The van der Waals surface area contributed by atoms with Crippen LogP contribution in [0.25, 0.3) is 0 Å². The summed E-state index contributed by atoms with van der Waals surface area (Å²) in [5.74, 6) is -0.0105. The fourth-order valence-electron chi connectivity index (χ4n) is 1.88. The van der Waals surface area contributed by atoms with Crippen LogP contribution in [0.15, 0.2) is 18.2 Å². The molecule has 1 saturated heterocycles. The van der Waals surface area contributed by atoms with Crippen molar-refractivity contribution in [1.29, 1.82) is 0 Å². The SMILES string of the molecule is Cl.NCC1CN(C(=O)c2cc(Cl)ccc2I)CCO1. The van der Waals surface area contributed by atoms with Crippen molar-refractivity contribution in [1.82, 2.24) is 4.90 Å². The van der Waals surface area contributed by atoms with E-state index in [4.69, 9.17) is 22.1 Å². The molecule has 1 atom stereocenters. The number of amides is 1. The first-order chi connectivity index (χ1) is 8.61. The lowest BCUT2D eigenvalue weighted by Gasteiger charge is -2.32. The molecule has 2 N–H and O–H groups in total. The van der Waals surface area contributed by atoms with Gasteiger partial charge in [0, 0.05) is 28.2 Å². The molecule has 1 amide bonds. The van der Waals surface area contributed by atoms with E-state index in [9.17, 15) is 4.79 Å². The lowest BCUT2D eigenvalue weighted by Crippen LogP contribution is -2.48. The lowest BCUT2D eigenvalue weighted by atomic mass is 10.1. The first-order valence-electron chi connectivity index (χ1n) is 5.68. The van der Waals surface area contributed by atoms with E-state index in [0.29, 0.717) is 36.8 Å². The molecule has 1 aliphatic heterocycles. The predicted octanol–water partition coefficient (Wildman–Crippen LogP) is 2.17. The average Bonchev–Trinajstić information content (AvgIpc) is 2.41. The van der Waals surface area contributed by atoms with Gasteiger partial charge in [-0.1, -0.05) is 11.6 Å². The lowest BCUT2D eigenvalue weighted by molar-refractivity contribution is -0.0167. The van der Waals surface area contributed by atoms with Crippen molar-refractivity contribution in [3.63, 3.8) is 0 Å². The molecule has 0 radical (unpaired) electrons. The Morgan fingerprint density at radius 3 is 3.00 bits per heavy atom. The number of nitrogens with zero attached hydrogens (tertiary/aromatic N) is 1. The molecular formula is C12H15Cl2IN2O2. The van der Waals surface area contributed by atoms with Crippen LogP contribution in [0, 0.1) is 3.57 Å². The summed E-state index contributed by atoms with van der Waals surface area (Å²) in [5, 5.41) is 0.572. The van der Waals surface area contributed by atoms with E-state index in [1.165, 1.54) is 0 Å². The first kappa shape index (κ1) is 17.0. The summed E-state index contributed by atoms with van der Waals surface area (Å²) in [6, 6.07) is 5.33. The van der Waals surface area contributed by atoms with Crippen LogP contribution in [-0.2, 0) is 4.74 Å². The van der Waals surface area contributed by atoms with Crippen LogP contribution in [0.4, 0.5) is 0 Å². The molecule has 106 valence electrons. The normalized spacial score (nSPS) is 18.9. The molecule has 0 aliphatic carbocycles. The van der Waals surface area contributed by atoms with Gasteiger partial charge in [0.1, 0.15) is 0 Å². The third-order valence-electron chi connectivity index (χ3n) is 2.85. The monoisotopic (exact) mass is 416 g/mol. The van der Waals surface area contributed by atoms with E-state index in [0.717, 1.165) is 3.57 Å². The molecule has 0 spiro atoms. The number of halogens is 3. The smallest absolute Gasteiger partial charge is 0.255 e. The van der Waals surface area contributed by atoms with Crippen LogP contribution in [0.3, 0.4) is 0 Å². The Bertz CT molecular complexity index is 459. The van der Waals surface area contributed by atoms with E-state index in [1.54, 1.807) is 17.0 Å². The summed E-state index contributed by atoms with van der Waals surface area (Å²) in [7, 11) is 0. The van der Waals surface area contributed by atoms with E-state index in [-0.39, 0.29) is 24.4 Å². The summed E-state index contributed by atoms with van der Waals surface area (Å²) in [6.45, 7) is 2.09. The van der Waals surface area contributed by atoms with Crippen LogP contribution in [0.2, 0.25) is 5.02 Å². The standard InChI is InChI=1S/C12H14ClIN2O2.ClH/c13-8-1-2-11(14)10(5-8)12(17)16-3-4-18-9(6-15)7-16;/h1-2,5,9H,3-4,6-7,15H2;1H. The number of hydrogen-bond donors (Lipinski definition) is 1. The van der Waals surface area contributed by atoms with Crippen molar-refractivity contribution in [3.8, 4) is 0 Å². The van der Waals surface area contributed by atoms with Gasteiger partial charge in [-0.05, 0) is 40.8 Å². The Morgan fingerprint density at radius 1 is 1.58 bits per heavy atom. The van der Waals surface area contributed by atoms with Crippen molar-refractivity contribution in [3.05, 3.63) is 32.4 Å². The molecule has 1 heterocycles. The van der Waals surface area contributed by atoms with Crippen LogP contribution >= 0.6 is 46.6 Å². The fourth-order valence-corrected chi connectivity index (χ4v) is 2.62. The molecule has 4 nitrogen and oxygen atoms in total. The molecule has 2 rings (SSSR count). The van der Waals surface area contributed by atoms with Crippen molar-refractivity contribution < 1.29 is 9.53 Å². The van der Waals surface area contributed by atoms with Gasteiger partial charge in [0.2, 0.25) is 0 Å². The maximum atomic E-state index is 12.4. The Labute approximate surface area is 137 Å². The maximum Gasteiger partial charge on any atom is 0.255 e. The molecule has 7 heteroatoms. The quantitative estimate of drug-likeness (QED) is 0.751. The molecule has 0 aromatic heterocycles. The average molecular weight is 417 g/mol. The molecule has 0 saturated carbocycles. The van der Waals surface area contributed by atoms with Crippen molar-refractivity contribution >= 4 is 52.5 Å². The van der Waals surface area contributed by atoms with Crippen LogP contribution in [-0.4, -0.2) is 43.2 Å². The molecule has 0 bridgehead atoms. The number of carbonyl (C=O) groups is 1. The summed E-state index contributed by atoms with van der Waals surface area (Å²) in [4.78, 5) is 14.2. The Morgan fingerprint density at radius 2 is 2.32 bits per heavy atom. The van der Waals surface area contributed by atoms with Gasteiger partial charge in [0.15, 0.2) is 0 Å². The number of rotatable bonds is 2. The minimum absolute atomic E-state index is 0. The first-order valence-corrected chi connectivity index (χ1v) is 7.13. The highest BCUT2D eigenvalue weighted by molar-refractivity contribution is 14.1. The molecule has 19 heavy (non-hydrogen) atoms. The zero-order chi connectivity index (χ0) is 13.1. The molecule has 1 fully saturated rings. The highest BCUT2D eigenvalue weighted by Crippen LogP contribution is 2.20. The Balaban J connectivity index is 0.00000180. The van der Waals surface area contributed by atoms with E-state index >= 15 is 0 Å². The summed E-state index contributed by atoms with van der Waals surface area (Å²) < 4.78 is 6.35. The largest absolute Gasteiger partial charge is 0.373 e. The summed E-state index contributed by atoms with van der Waals surface area (Å²) in [6.07, 6.45) is -0.0699. The number of hydrogen-bond acceptors (Lipinski definition) is 3. The van der Waals surface area contributed by atoms with Gasteiger partial charge in [0.05, 0.1) is 18.3 Å². The van der Waals surface area contributed by atoms with Crippen molar-refractivity contribution in [2.24, 2.45) is 5.73 Å². The second-order valence-corrected chi connectivity index (χ2v) is 5.70. The van der Waals surface area contributed by atoms with Gasteiger partial charge in [-0.3, -0.25) is 4.79 Å². The summed E-state index contributed by atoms with van der Waals surface area (Å²) >= 11 is 8.08. The topological polar surface area (TPSA) is 55.6 Å². The zero-order valence-electron chi connectivity index (χ0n) is 10.1. The van der Waals surface area contributed by atoms with Gasteiger partial charge in [0.25, 0.3) is 5.91 Å². The summed E-state index contributed by atoms with van der Waals surface area (Å²) in [5.41, 5.74) is 6.21. The number of benzene rings is 1. The predicted molar refractivity (Wildman–Crippen MR) is 86.1 cm³/mol. The van der Waals surface area contributed by atoms with Crippen molar-refractivity contribution in [2.45, 2.75) is 6.10 Å². The fraction of sp³-hybridized carbons (Fsp3) is 0.417. The highest BCUT2D eigenvalue weighted by atomic mass is 127. The Kier molecular flexibility index (Phi) is 6.82. The molecule has 1 aromatic rings. The second kappa shape index (κ2) is 7.64. The number of carbonyl (C=O) groups excluding carboxylic acids is 1. The minimum atomic E-state index is -0.0699. The Hall–Kier alpha value is -0.0800. The van der Waals surface area contributed by atoms with Gasteiger partial charge < -0.3 is 15.4 Å². The molecule has 1 aromatic carbocycles. The van der Waals surface area contributed by atoms with Crippen LogP contribution in [0.5, 0.6) is 0 Å². The van der Waals surface area contributed by atoms with Gasteiger partial charge in [-0.2, -0.15) is 0 Å². The second-order valence-electron chi connectivity index (χ2n) is 4.10.